The van der Waals surface area contributed by atoms with E-state index in [0.717, 1.165) is 6.21 Å². The molecule has 31 heavy (non-hydrogen) atoms. The number of nitrogens with one attached hydrogen (secondary N) is 1. The average Bonchev–Trinajstić information content (AvgIpc) is 3.17. The molecule has 1 heterocycles. The number of carbonyl (C=O) groups is 1. The molecule has 0 aliphatic carbocycles. The minimum Gasteiger partial charge on any atom is -0.478 e. The molecule has 0 unspecified atom stereocenters. The zero-order valence-electron chi connectivity index (χ0n) is 14.9. The third-order valence-electron chi connectivity index (χ3n) is 3.94. The van der Waals surface area contributed by atoms with Crippen LogP contribution >= 0.6 is 0 Å². The molecule has 1 aromatic heterocycles. The SMILES string of the molecule is O=C(O)c1cccc(-c2ccc(C=NNc3c(F)c(F)c(C(F)(F)F)c(F)c3F)o2)c1. The van der Waals surface area contributed by atoms with Gasteiger partial charge in [0, 0.05) is 5.56 Å². The summed E-state index contributed by atoms with van der Waals surface area (Å²) in [5.41, 5.74) is -2.30. The molecule has 0 fully saturated rings. The second-order valence-corrected chi connectivity index (χ2v) is 5.96. The molecule has 2 aromatic carbocycles. The average molecular weight is 446 g/mol. The first kappa shape index (κ1) is 21.9. The Morgan fingerprint density at radius 1 is 1.00 bits per heavy atom. The number of anilines is 1. The van der Waals surface area contributed by atoms with E-state index < -0.39 is 46.7 Å². The Balaban J connectivity index is 1.84. The molecule has 0 bridgehead atoms. The van der Waals surface area contributed by atoms with E-state index in [2.05, 4.69) is 5.10 Å². The van der Waals surface area contributed by atoms with Crippen LogP contribution in [0.2, 0.25) is 0 Å². The molecule has 0 radical (unpaired) electrons. The van der Waals surface area contributed by atoms with Crippen molar-refractivity contribution in [3.63, 3.8) is 0 Å². The molecular formula is C19H9F7N2O3. The third kappa shape index (κ3) is 4.37. The highest BCUT2D eigenvalue weighted by molar-refractivity contribution is 5.89. The summed E-state index contributed by atoms with van der Waals surface area (Å²) in [6.45, 7) is 0. The van der Waals surface area contributed by atoms with E-state index in [4.69, 9.17) is 9.52 Å². The van der Waals surface area contributed by atoms with E-state index in [1.807, 2.05) is 0 Å². The number of furan rings is 1. The van der Waals surface area contributed by atoms with E-state index in [9.17, 15) is 35.5 Å². The topological polar surface area (TPSA) is 74.8 Å². The highest BCUT2D eigenvalue weighted by Gasteiger charge is 2.42. The van der Waals surface area contributed by atoms with Crippen LogP contribution < -0.4 is 5.43 Å². The maximum atomic E-state index is 13.8. The summed E-state index contributed by atoms with van der Waals surface area (Å²) in [7, 11) is 0. The predicted octanol–water partition coefficient (Wildman–Crippen LogP) is 5.67. The van der Waals surface area contributed by atoms with E-state index in [0.29, 0.717) is 5.56 Å². The summed E-state index contributed by atoms with van der Waals surface area (Å²) in [5.74, 6) is -10.9. The molecule has 0 saturated carbocycles. The smallest absolute Gasteiger partial charge is 0.422 e. The number of halogens is 7. The first-order chi connectivity index (χ1) is 14.5. The van der Waals surface area contributed by atoms with Crippen LogP contribution in [0.3, 0.4) is 0 Å². The predicted molar refractivity (Wildman–Crippen MR) is 93.6 cm³/mol. The van der Waals surface area contributed by atoms with Crippen LogP contribution in [-0.2, 0) is 6.18 Å². The van der Waals surface area contributed by atoms with Gasteiger partial charge in [0.2, 0.25) is 0 Å². The fraction of sp³-hybridized carbons (Fsp3) is 0.0526. The lowest BCUT2D eigenvalue weighted by molar-refractivity contribution is -0.143. The summed E-state index contributed by atoms with van der Waals surface area (Å²) in [6.07, 6.45) is -4.82. The van der Waals surface area contributed by atoms with Gasteiger partial charge < -0.3 is 9.52 Å². The molecule has 12 heteroatoms. The Hall–Kier alpha value is -3.83. The molecule has 3 aromatic rings. The van der Waals surface area contributed by atoms with Crippen molar-refractivity contribution >= 4 is 17.9 Å². The van der Waals surface area contributed by atoms with Crippen LogP contribution in [0.4, 0.5) is 36.4 Å². The number of alkyl halides is 3. The third-order valence-corrected chi connectivity index (χ3v) is 3.94. The first-order valence-electron chi connectivity index (χ1n) is 8.16. The van der Waals surface area contributed by atoms with Crippen LogP contribution in [0, 0.1) is 23.3 Å². The largest absolute Gasteiger partial charge is 0.478 e. The van der Waals surface area contributed by atoms with Gasteiger partial charge in [0.25, 0.3) is 0 Å². The van der Waals surface area contributed by atoms with Crippen molar-refractivity contribution in [1.29, 1.82) is 0 Å². The molecular weight excluding hydrogens is 437 g/mol. The number of aromatic carboxylic acids is 1. The molecule has 162 valence electrons. The number of hydrogen-bond acceptors (Lipinski definition) is 4. The zero-order chi connectivity index (χ0) is 22.9. The van der Waals surface area contributed by atoms with Crippen molar-refractivity contribution in [3.05, 3.63) is 76.6 Å². The van der Waals surface area contributed by atoms with Gasteiger partial charge in [-0.2, -0.15) is 18.3 Å². The Labute approximate surface area is 168 Å². The van der Waals surface area contributed by atoms with E-state index in [1.165, 1.54) is 30.3 Å². The van der Waals surface area contributed by atoms with E-state index in [-0.39, 0.29) is 17.1 Å². The molecule has 0 aliphatic rings. The summed E-state index contributed by atoms with van der Waals surface area (Å²) in [4.78, 5) is 11.0. The van der Waals surface area contributed by atoms with Gasteiger partial charge in [-0.1, -0.05) is 12.1 Å². The minimum absolute atomic E-state index is 0.0110. The standard InChI is InChI=1S/C19H9F7N2O3/c20-13-12(19(24,25)26)14(21)16(23)17(15(13)22)28-27-7-10-4-5-11(31-10)8-2-1-3-9(6-8)18(29)30/h1-7,28H,(H,29,30). The fourth-order valence-electron chi connectivity index (χ4n) is 2.52. The maximum absolute atomic E-state index is 13.8. The Bertz CT molecular complexity index is 1160. The second kappa shape index (κ2) is 8.13. The van der Waals surface area contributed by atoms with Crippen molar-refractivity contribution in [2.45, 2.75) is 6.18 Å². The van der Waals surface area contributed by atoms with Crippen LogP contribution in [0.1, 0.15) is 21.7 Å². The molecule has 0 amide bonds. The Kier molecular flexibility index (Phi) is 5.73. The Morgan fingerprint density at radius 2 is 1.65 bits per heavy atom. The van der Waals surface area contributed by atoms with Crippen LogP contribution in [0.25, 0.3) is 11.3 Å². The van der Waals surface area contributed by atoms with Crippen LogP contribution in [0.15, 0.2) is 45.9 Å². The van der Waals surface area contributed by atoms with Crippen molar-refractivity contribution in [1.82, 2.24) is 0 Å². The zero-order valence-corrected chi connectivity index (χ0v) is 14.9. The lowest BCUT2D eigenvalue weighted by Crippen LogP contribution is -2.16. The normalized spacial score (nSPS) is 11.8. The van der Waals surface area contributed by atoms with Crippen LogP contribution in [-0.4, -0.2) is 17.3 Å². The molecule has 5 nitrogen and oxygen atoms in total. The minimum atomic E-state index is -5.65. The number of hydrogen-bond donors (Lipinski definition) is 2. The van der Waals surface area contributed by atoms with Gasteiger partial charge in [-0.25, -0.2) is 22.4 Å². The first-order valence-corrected chi connectivity index (χ1v) is 8.16. The number of rotatable bonds is 5. The molecule has 0 saturated heterocycles. The van der Waals surface area contributed by atoms with Gasteiger partial charge in [0.05, 0.1) is 11.8 Å². The van der Waals surface area contributed by atoms with Gasteiger partial charge in [-0.15, -0.1) is 0 Å². The summed E-state index contributed by atoms with van der Waals surface area (Å²) in [5, 5.41) is 12.3. The van der Waals surface area contributed by atoms with E-state index >= 15 is 0 Å². The maximum Gasteiger partial charge on any atom is 0.422 e. The molecule has 0 spiro atoms. The fourth-order valence-corrected chi connectivity index (χ4v) is 2.52. The van der Waals surface area contributed by atoms with Gasteiger partial charge >= 0.3 is 12.1 Å². The molecule has 2 N–H and O–H groups in total. The Morgan fingerprint density at radius 3 is 2.23 bits per heavy atom. The number of carboxylic acid groups (broad SMARTS) is 1. The summed E-state index contributed by atoms with van der Waals surface area (Å²) < 4.78 is 97.8. The van der Waals surface area contributed by atoms with Crippen molar-refractivity contribution in [3.8, 4) is 11.3 Å². The summed E-state index contributed by atoms with van der Waals surface area (Å²) in [6, 6.07) is 8.43. The molecule has 3 rings (SSSR count). The highest BCUT2D eigenvalue weighted by Crippen LogP contribution is 2.38. The van der Waals surface area contributed by atoms with Crippen molar-refractivity contribution in [2.24, 2.45) is 5.10 Å². The van der Waals surface area contributed by atoms with Crippen molar-refractivity contribution in [2.75, 3.05) is 5.43 Å². The van der Waals surface area contributed by atoms with Gasteiger partial charge in [0.1, 0.15) is 22.8 Å². The monoisotopic (exact) mass is 446 g/mol. The van der Waals surface area contributed by atoms with Gasteiger partial charge in [-0.05, 0) is 24.3 Å². The van der Waals surface area contributed by atoms with Crippen molar-refractivity contribution < 1.29 is 45.1 Å². The highest BCUT2D eigenvalue weighted by atomic mass is 19.4. The lowest BCUT2D eigenvalue weighted by atomic mass is 10.1. The molecule has 0 aliphatic heterocycles. The molecule has 0 atom stereocenters. The number of carboxylic acids is 1. The quantitative estimate of drug-likeness (QED) is 0.229. The van der Waals surface area contributed by atoms with Gasteiger partial charge in [-0.3, -0.25) is 5.43 Å². The van der Waals surface area contributed by atoms with Gasteiger partial charge in [0.15, 0.2) is 23.3 Å². The van der Waals surface area contributed by atoms with Crippen LogP contribution in [0.5, 0.6) is 0 Å². The summed E-state index contributed by atoms with van der Waals surface area (Å²) >= 11 is 0. The number of benzene rings is 2. The lowest BCUT2D eigenvalue weighted by Gasteiger charge is -2.13. The second-order valence-electron chi connectivity index (χ2n) is 5.96. The van der Waals surface area contributed by atoms with E-state index in [1.54, 1.807) is 11.5 Å². The number of hydrazone groups is 1. The number of nitrogens with zero attached hydrogens (tertiary/aromatic N) is 1.